The van der Waals surface area contributed by atoms with E-state index in [-0.39, 0.29) is 0 Å². The second-order valence-electron chi connectivity index (χ2n) is 7.19. The predicted octanol–water partition coefficient (Wildman–Crippen LogP) is 3.15. The predicted molar refractivity (Wildman–Crippen MR) is 83.6 cm³/mol. The van der Waals surface area contributed by atoms with Gasteiger partial charge in [0.1, 0.15) is 0 Å². The lowest BCUT2D eigenvalue weighted by Gasteiger charge is -2.35. The zero-order valence-corrected chi connectivity index (χ0v) is 13.6. The maximum Gasteiger partial charge on any atom is 0.236 e. The molecule has 0 N–H and O–H groups in total. The first kappa shape index (κ1) is 15.8. The van der Waals surface area contributed by atoms with Crippen molar-refractivity contribution in [2.45, 2.75) is 65.3 Å². The third-order valence-corrected chi connectivity index (χ3v) is 5.15. The highest BCUT2D eigenvalue weighted by Gasteiger charge is 2.28. The van der Waals surface area contributed by atoms with E-state index in [4.69, 9.17) is 0 Å². The van der Waals surface area contributed by atoms with Gasteiger partial charge in [0.25, 0.3) is 0 Å². The summed E-state index contributed by atoms with van der Waals surface area (Å²) in [4.78, 5) is 17.1. The van der Waals surface area contributed by atoms with E-state index in [1.54, 1.807) is 0 Å². The molecule has 116 valence electrons. The smallest absolute Gasteiger partial charge is 0.236 e. The number of amides is 1. The van der Waals surface area contributed by atoms with Crippen molar-refractivity contribution in [2.24, 2.45) is 11.8 Å². The van der Waals surface area contributed by atoms with Crippen LogP contribution in [-0.4, -0.2) is 47.9 Å². The molecule has 3 nitrogen and oxygen atoms in total. The van der Waals surface area contributed by atoms with Crippen LogP contribution in [0.2, 0.25) is 0 Å². The number of hydrogen-bond donors (Lipinski definition) is 0. The number of hydrogen-bond acceptors (Lipinski definition) is 2. The minimum absolute atomic E-state index is 0.366. The van der Waals surface area contributed by atoms with Crippen molar-refractivity contribution < 1.29 is 4.79 Å². The molecule has 2 atom stereocenters. The zero-order valence-electron chi connectivity index (χ0n) is 13.6. The highest BCUT2D eigenvalue weighted by atomic mass is 16.2. The van der Waals surface area contributed by atoms with E-state index in [1.807, 2.05) is 0 Å². The molecule has 1 amide bonds. The Morgan fingerprint density at radius 3 is 2.40 bits per heavy atom. The minimum atomic E-state index is 0.366. The summed E-state index contributed by atoms with van der Waals surface area (Å²) in [6.07, 6.45) is 7.49. The molecule has 0 aromatic rings. The fourth-order valence-corrected chi connectivity index (χ4v) is 3.70. The molecular weight excluding hydrogens is 248 g/mol. The van der Waals surface area contributed by atoms with E-state index in [9.17, 15) is 4.79 Å². The van der Waals surface area contributed by atoms with Gasteiger partial charge in [0.2, 0.25) is 5.91 Å². The van der Waals surface area contributed by atoms with Crippen LogP contribution in [0.15, 0.2) is 0 Å². The molecule has 20 heavy (non-hydrogen) atoms. The zero-order chi connectivity index (χ0) is 14.5. The van der Waals surface area contributed by atoms with Crippen LogP contribution in [0.3, 0.4) is 0 Å². The van der Waals surface area contributed by atoms with Crippen molar-refractivity contribution in [1.82, 2.24) is 9.80 Å². The number of rotatable bonds is 3. The average molecular weight is 280 g/mol. The molecular formula is C17H32N2O. The van der Waals surface area contributed by atoms with Gasteiger partial charge in [-0.15, -0.1) is 0 Å². The number of likely N-dealkylation sites (tertiary alicyclic amines) is 2. The summed E-state index contributed by atoms with van der Waals surface area (Å²) in [5, 5.41) is 0. The van der Waals surface area contributed by atoms with Crippen molar-refractivity contribution in [2.75, 3.05) is 26.2 Å². The number of piperidine rings is 1. The van der Waals surface area contributed by atoms with Crippen LogP contribution in [0.25, 0.3) is 0 Å². The van der Waals surface area contributed by atoms with Gasteiger partial charge < -0.3 is 4.90 Å². The first-order chi connectivity index (χ1) is 9.58. The second-order valence-corrected chi connectivity index (χ2v) is 7.19. The lowest BCUT2D eigenvalue weighted by atomic mass is 9.95. The Kier molecular flexibility index (Phi) is 5.88. The van der Waals surface area contributed by atoms with Crippen LogP contribution in [0, 0.1) is 11.8 Å². The molecule has 0 bridgehead atoms. The van der Waals surface area contributed by atoms with Gasteiger partial charge in [-0.1, -0.05) is 20.8 Å². The number of nitrogens with zero attached hydrogens (tertiary/aromatic N) is 2. The fraction of sp³-hybridized carbons (Fsp3) is 0.941. The maximum atomic E-state index is 12.5. The lowest BCUT2D eigenvalue weighted by Crippen LogP contribution is -2.47. The Morgan fingerprint density at radius 2 is 1.75 bits per heavy atom. The molecule has 0 aliphatic carbocycles. The highest BCUT2D eigenvalue weighted by Crippen LogP contribution is 2.26. The second kappa shape index (κ2) is 7.44. The summed E-state index contributed by atoms with van der Waals surface area (Å²) >= 11 is 0. The molecule has 2 aliphatic rings. The molecule has 2 fully saturated rings. The largest absolute Gasteiger partial charge is 0.342 e. The molecule has 2 rings (SSSR count). The molecule has 3 heteroatoms. The Morgan fingerprint density at radius 1 is 1.05 bits per heavy atom. The fourth-order valence-electron chi connectivity index (χ4n) is 3.70. The first-order valence-electron chi connectivity index (χ1n) is 8.59. The van der Waals surface area contributed by atoms with Crippen LogP contribution in [0.1, 0.15) is 59.3 Å². The third-order valence-electron chi connectivity index (χ3n) is 5.15. The van der Waals surface area contributed by atoms with E-state index in [0.717, 1.165) is 25.6 Å². The van der Waals surface area contributed by atoms with Crippen molar-refractivity contribution >= 4 is 5.91 Å². The molecule has 2 heterocycles. The van der Waals surface area contributed by atoms with Gasteiger partial charge in [0.05, 0.1) is 6.54 Å². The van der Waals surface area contributed by atoms with E-state index in [1.165, 1.54) is 38.5 Å². The molecule has 2 unspecified atom stereocenters. The van der Waals surface area contributed by atoms with Crippen molar-refractivity contribution in [1.29, 1.82) is 0 Å². The van der Waals surface area contributed by atoms with Gasteiger partial charge in [0.15, 0.2) is 0 Å². The van der Waals surface area contributed by atoms with Crippen LogP contribution >= 0.6 is 0 Å². The Labute approximate surface area is 124 Å². The van der Waals surface area contributed by atoms with E-state index < -0.39 is 0 Å². The van der Waals surface area contributed by atoms with E-state index in [0.29, 0.717) is 24.4 Å². The van der Waals surface area contributed by atoms with Gasteiger partial charge in [0, 0.05) is 19.1 Å². The number of carbonyl (C=O) groups excluding carboxylic acids is 1. The molecule has 0 aromatic heterocycles. The van der Waals surface area contributed by atoms with Crippen molar-refractivity contribution in [3.63, 3.8) is 0 Å². The summed E-state index contributed by atoms with van der Waals surface area (Å²) < 4.78 is 0. The van der Waals surface area contributed by atoms with Gasteiger partial charge in [-0.2, -0.15) is 0 Å². The topological polar surface area (TPSA) is 23.6 Å². The quantitative estimate of drug-likeness (QED) is 0.793. The highest BCUT2D eigenvalue weighted by molar-refractivity contribution is 5.78. The van der Waals surface area contributed by atoms with Gasteiger partial charge in [-0.25, -0.2) is 0 Å². The molecule has 0 spiro atoms. The Hall–Kier alpha value is -0.570. The molecule has 0 aromatic carbocycles. The average Bonchev–Trinajstić information content (AvgIpc) is 2.62. The summed E-state index contributed by atoms with van der Waals surface area (Å²) in [5.74, 6) is 1.82. The molecule has 0 radical (unpaired) electrons. The minimum Gasteiger partial charge on any atom is -0.342 e. The number of carbonyl (C=O) groups is 1. The first-order valence-corrected chi connectivity index (χ1v) is 8.59. The summed E-state index contributed by atoms with van der Waals surface area (Å²) in [7, 11) is 0. The van der Waals surface area contributed by atoms with Crippen LogP contribution in [0.5, 0.6) is 0 Å². The van der Waals surface area contributed by atoms with Gasteiger partial charge >= 0.3 is 0 Å². The van der Waals surface area contributed by atoms with Crippen molar-refractivity contribution in [3.8, 4) is 0 Å². The summed E-state index contributed by atoms with van der Waals surface area (Å²) in [5.41, 5.74) is 0. The van der Waals surface area contributed by atoms with E-state index in [2.05, 4.69) is 30.6 Å². The SMILES string of the molecule is CC1CCC(C(C)C)N(CC(=O)N2CCCCC2)CC1. The molecule has 2 saturated heterocycles. The standard InChI is InChI=1S/C17H32N2O/c1-14(2)16-8-7-15(3)9-12-19(16)13-17(20)18-10-5-4-6-11-18/h14-16H,4-13H2,1-3H3. The van der Waals surface area contributed by atoms with Gasteiger partial charge in [-0.05, 0) is 56.9 Å². The third kappa shape index (κ3) is 4.21. The van der Waals surface area contributed by atoms with E-state index >= 15 is 0 Å². The maximum absolute atomic E-state index is 12.5. The summed E-state index contributed by atoms with van der Waals surface area (Å²) in [6, 6.07) is 0.591. The Balaban J connectivity index is 1.94. The normalized spacial score (nSPS) is 29.5. The Bertz CT molecular complexity index is 310. The molecule has 0 saturated carbocycles. The van der Waals surface area contributed by atoms with Crippen LogP contribution in [0.4, 0.5) is 0 Å². The van der Waals surface area contributed by atoms with Crippen molar-refractivity contribution in [3.05, 3.63) is 0 Å². The molecule has 2 aliphatic heterocycles. The van der Waals surface area contributed by atoms with Crippen LogP contribution < -0.4 is 0 Å². The van der Waals surface area contributed by atoms with Gasteiger partial charge in [-0.3, -0.25) is 9.69 Å². The monoisotopic (exact) mass is 280 g/mol. The van der Waals surface area contributed by atoms with Crippen LogP contribution in [-0.2, 0) is 4.79 Å². The lowest BCUT2D eigenvalue weighted by molar-refractivity contribution is -0.134. The summed E-state index contributed by atoms with van der Waals surface area (Å²) in [6.45, 7) is 10.7.